The number of thiazole rings is 1. The maximum Gasteiger partial charge on any atom is 0.276 e. The molecule has 29 heavy (non-hydrogen) atoms. The summed E-state index contributed by atoms with van der Waals surface area (Å²) in [5.74, 6) is 2.22. The second-order valence-electron chi connectivity index (χ2n) is 6.32. The van der Waals surface area contributed by atoms with Crippen molar-refractivity contribution in [3.05, 3.63) is 62.4 Å². The van der Waals surface area contributed by atoms with Gasteiger partial charge >= 0.3 is 0 Å². The largest absolute Gasteiger partial charge is 0.496 e. The molecule has 0 amide bonds. The fourth-order valence-corrected chi connectivity index (χ4v) is 4.07. The van der Waals surface area contributed by atoms with Crippen molar-refractivity contribution < 1.29 is 14.2 Å². The Labute approximate surface area is 170 Å². The lowest BCUT2D eigenvalue weighted by atomic mass is 10.1. The fraction of sp³-hybridized carbons (Fsp3) is 0.190. The first-order valence-electron chi connectivity index (χ1n) is 8.83. The van der Waals surface area contributed by atoms with Gasteiger partial charge in [0.25, 0.3) is 5.56 Å². The molecule has 7 nitrogen and oxygen atoms in total. The van der Waals surface area contributed by atoms with E-state index in [0.717, 1.165) is 11.1 Å². The zero-order valence-corrected chi connectivity index (χ0v) is 17.2. The molecule has 0 aliphatic carbocycles. The average Bonchev–Trinajstić information content (AvgIpc) is 3.28. The highest BCUT2D eigenvalue weighted by Gasteiger charge is 2.16. The topological polar surface area (TPSA) is 74.9 Å². The van der Waals surface area contributed by atoms with Crippen molar-refractivity contribution in [1.29, 1.82) is 0 Å². The molecule has 8 heteroatoms. The summed E-state index contributed by atoms with van der Waals surface area (Å²) in [5, 5.41) is 8.43. The van der Waals surface area contributed by atoms with Crippen LogP contribution < -0.4 is 24.3 Å². The lowest BCUT2D eigenvalue weighted by Crippen LogP contribution is -2.23. The van der Waals surface area contributed by atoms with Crippen LogP contribution in [0.15, 0.2) is 41.2 Å². The molecule has 0 spiro atoms. The van der Waals surface area contributed by atoms with Gasteiger partial charge in [-0.1, -0.05) is 35.6 Å². The number of ether oxygens (including phenoxy) is 3. The minimum absolute atomic E-state index is 0.176. The van der Waals surface area contributed by atoms with Crippen LogP contribution in [0.2, 0.25) is 0 Å². The maximum atomic E-state index is 13.1. The molecule has 0 atom stereocenters. The zero-order valence-electron chi connectivity index (χ0n) is 16.4. The standard InChI is InChI=1S/C21H19N3O4S/c1-12-7-5-6-8-14(12)19-22-23-21-24(19)20(25)18(29-21)10-13-9-16(27-3)17(28-4)11-15(13)26-2/h5-11H,1-4H3/b18-10-. The van der Waals surface area contributed by atoms with Gasteiger partial charge in [0.15, 0.2) is 17.3 Å². The third-order valence-electron chi connectivity index (χ3n) is 4.66. The second kappa shape index (κ2) is 7.56. The minimum Gasteiger partial charge on any atom is -0.496 e. The van der Waals surface area contributed by atoms with E-state index in [1.54, 1.807) is 43.9 Å². The first-order chi connectivity index (χ1) is 14.1. The Morgan fingerprint density at radius 3 is 2.34 bits per heavy atom. The minimum atomic E-state index is -0.176. The number of rotatable bonds is 5. The SMILES string of the molecule is COc1cc(OC)c(OC)cc1/C=c1\sc2nnc(-c3ccccc3C)n2c1=O. The van der Waals surface area contributed by atoms with E-state index in [9.17, 15) is 4.79 Å². The summed E-state index contributed by atoms with van der Waals surface area (Å²) >= 11 is 1.28. The smallest absolute Gasteiger partial charge is 0.276 e. The molecular weight excluding hydrogens is 390 g/mol. The molecular formula is C21H19N3O4S. The molecule has 0 aliphatic heterocycles. The Kier molecular flexibility index (Phi) is 4.94. The second-order valence-corrected chi connectivity index (χ2v) is 7.33. The third kappa shape index (κ3) is 3.21. The number of hydrogen-bond donors (Lipinski definition) is 0. The molecule has 0 radical (unpaired) electrons. The van der Waals surface area contributed by atoms with E-state index in [1.807, 2.05) is 31.2 Å². The van der Waals surface area contributed by atoms with Crippen molar-refractivity contribution in [3.63, 3.8) is 0 Å². The molecule has 148 valence electrons. The lowest BCUT2D eigenvalue weighted by molar-refractivity contribution is 0.348. The summed E-state index contributed by atoms with van der Waals surface area (Å²) in [7, 11) is 4.69. The molecule has 2 aromatic carbocycles. The zero-order chi connectivity index (χ0) is 20.5. The first kappa shape index (κ1) is 18.9. The Morgan fingerprint density at radius 2 is 1.66 bits per heavy atom. The van der Waals surface area contributed by atoms with Gasteiger partial charge in [-0.3, -0.25) is 4.79 Å². The van der Waals surface area contributed by atoms with Crippen LogP contribution in [0, 0.1) is 6.92 Å². The molecule has 2 aromatic heterocycles. The van der Waals surface area contributed by atoms with Crippen LogP contribution in [0.25, 0.3) is 22.4 Å². The van der Waals surface area contributed by atoms with E-state index >= 15 is 0 Å². The highest BCUT2D eigenvalue weighted by atomic mass is 32.1. The van der Waals surface area contributed by atoms with Crippen molar-refractivity contribution in [2.24, 2.45) is 0 Å². The number of hydrogen-bond acceptors (Lipinski definition) is 7. The summed E-state index contributed by atoms with van der Waals surface area (Å²) in [6, 6.07) is 11.3. The van der Waals surface area contributed by atoms with Crippen molar-refractivity contribution in [2.75, 3.05) is 21.3 Å². The van der Waals surface area contributed by atoms with Gasteiger partial charge in [0, 0.05) is 17.2 Å². The number of aromatic nitrogens is 3. The fourth-order valence-electron chi connectivity index (χ4n) is 3.17. The van der Waals surface area contributed by atoms with E-state index in [1.165, 1.54) is 11.3 Å². The predicted molar refractivity (Wildman–Crippen MR) is 112 cm³/mol. The highest BCUT2D eigenvalue weighted by Crippen LogP contribution is 2.35. The van der Waals surface area contributed by atoms with E-state index in [0.29, 0.717) is 38.1 Å². The van der Waals surface area contributed by atoms with Crippen LogP contribution in [0.3, 0.4) is 0 Å². The van der Waals surface area contributed by atoms with Crippen LogP contribution in [-0.2, 0) is 0 Å². The monoisotopic (exact) mass is 409 g/mol. The van der Waals surface area contributed by atoms with Crippen molar-refractivity contribution in [1.82, 2.24) is 14.6 Å². The van der Waals surface area contributed by atoms with Crippen LogP contribution >= 0.6 is 11.3 Å². The number of methoxy groups -OCH3 is 3. The van der Waals surface area contributed by atoms with E-state index in [2.05, 4.69) is 10.2 Å². The van der Waals surface area contributed by atoms with Crippen LogP contribution in [0.1, 0.15) is 11.1 Å². The molecule has 0 aliphatic rings. The maximum absolute atomic E-state index is 13.1. The highest BCUT2D eigenvalue weighted by molar-refractivity contribution is 7.15. The molecule has 0 fully saturated rings. The van der Waals surface area contributed by atoms with Gasteiger partial charge in [0.2, 0.25) is 4.96 Å². The van der Waals surface area contributed by atoms with Crippen LogP contribution in [0.5, 0.6) is 17.2 Å². The molecule has 2 heterocycles. The van der Waals surface area contributed by atoms with E-state index in [-0.39, 0.29) is 5.56 Å². The number of nitrogens with zero attached hydrogens (tertiary/aromatic N) is 3. The normalized spacial score (nSPS) is 11.8. The van der Waals surface area contributed by atoms with Crippen LogP contribution in [-0.4, -0.2) is 35.9 Å². The van der Waals surface area contributed by atoms with Gasteiger partial charge in [-0.2, -0.15) is 0 Å². The van der Waals surface area contributed by atoms with Crippen LogP contribution in [0.4, 0.5) is 0 Å². The van der Waals surface area contributed by atoms with Gasteiger partial charge < -0.3 is 14.2 Å². The summed E-state index contributed by atoms with van der Waals surface area (Å²) < 4.78 is 18.2. The molecule has 4 rings (SSSR count). The van der Waals surface area contributed by atoms with Crippen molar-refractivity contribution >= 4 is 22.4 Å². The lowest BCUT2D eigenvalue weighted by Gasteiger charge is -2.11. The predicted octanol–water partition coefficient (Wildman–Crippen LogP) is 2.70. The van der Waals surface area contributed by atoms with Gasteiger partial charge in [-0.25, -0.2) is 4.40 Å². The molecule has 0 bridgehead atoms. The summed E-state index contributed by atoms with van der Waals surface area (Å²) in [6.45, 7) is 1.98. The summed E-state index contributed by atoms with van der Waals surface area (Å²) in [5.41, 5.74) is 2.44. The van der Waals surface area contributed by atoms with Gasteiger partial charge in [0.05, 0.1) is 25.9 Å². The Morgan fingerprint density at radius 1 is 0.966 bits per heavy atom. The third-order valence-corrected chi connectivity index (χ3v) is 5.62. The average molecular weight is 409 g/mol. The molecule has 0 saturated heterocycles. The quantitative estimate of drug-likeness (QED) is 0.505. The Balaban J connectivity index is 1.93. The van der Waals surface area contributed by atoms with Gasteiger partial charge in [-0.15, -0.1) is 10.2 Å². The molecule has 4 aromatic rings. The molecule has 0 saturated carbocycles. The van der Waals surface area contributed by atoms with Gasteiger partial charge in [0.1, 0.15) is 5.75 Å². The molecule has 0 N–H and O–H groups in total. The van der Waals surface area contributed by atoms with Crippen molar-refractivity contribution in [3.8, 4) is 28.6 Å². The number of aryl methyl sites for hydroxylation is 1. The Hall–Kier alpha value is -3.39. The Bertz CT molecular complexity index is 1310. The number of fused-ring (bicyclic) bond motifs is 1. The first-order valence-corrected chi connectivity index (χ1v) is 9.64. The van der Waals surface area contributed by atoms with E-state index in [4.69, 9.17) is 14.2 Å². The number of benzene rings is 2. The van der Waals surface area contributed by atoms with Crippen molar-refractivity contribution in [2.45, 2.75) is 6.92 Å². The molecule has 0 unspecified atom stereocenters. The summed E-state index contributed by atoms with van der Waals surface area (Å²) in [6.07, 6.45) is 1.77. The summed E-state index contributed by atoms with van der Waals surface area (Å²) in [4.78, 5) is 13.7. The van der Waals surface area contributed by atoms with Gasteiger partial charge in [-0.05, 0) is 24.6 Å². The van der Waals surface area contributed by atoms with E-state index < -0.39 is 0 Å².